The number of ether oxygens (including phenoxy) is 2. The number of nitrogens with one attached hydrogen (secondary N) is 2. The number of amides is 2. The molecule has 1 saturated heterocycles. The van der Waals surface area contributed by atoms with Crippen LogP contribution >= 0.6 is 11.3 Å². The molecule has 1 atom stereocenters. The third-order valence-corrected chi connectivity index (χ3v) is 7.33. The zero-order valence-electron chi connectivity index (χ0n) is 22.2. The second kappa shape index (κ2) is 12.6. The summed E-state index contributed by atoms with van der Waals surface area (Å²) in [6.07, 6.45) is 0.825. The molecule has 198 valence electrons. The number of hydrogen-bond donors (Lipinski definition) is 2. The zero-order valence-corrected chi connectivity index (χ0v) is 23.0. The Bertz CT molecular complexity index is 1040. The third kappa shape index (κ3) is 7.03. The first-order chi connectivity index (χ1) is 17.2. The summed E-state index contributed by atoms with van der Waals surface area (Å²) in [5, 5.41) is 8.30. The van der Waals surface area contributed by atoms with Crippen LogP contribution in [0.15, 0.2) is 23.6 Å². The van der Waals surface area contributed by atoms with Gasteiger partial charge in [-0.1, -0.05) is 13.0 Å². The zero-order chi connectivity index (χ0) is 26.3. The van der Waals surface area contributed by atoms with E-state index >= 15 is 0 Å². The third-order valence-electron chi connectivity index (χ3n) is 6.40. The topological polar surface area (TPSA) is 96.0 Å². The molecule has 0 radical (unpaired) electrons. The number of carbonyl (C=O) groups is 2. The molecule has 0 unspecified atom stereocenters. The normalized spacial score (nSPS) is 16.4. The van der Waals surface area contributed by atoms with Crippen molar-refractivity contribution < 1.29 is 19.1 Å². The van der Waals surface area contributed by atoms with Crippen molar-refractivity contribution in [1.29, 1.82) is 0 Å². The molecule has 3 rings (SSSR count). The number of nitrogens with zero attached hydrogens (tertiary/aromatic N) is 3. The summed E-state index contributed by atoms with van der Waals surface area (Å²) < 4.78 is 10.9. The van der Waals surface area contributed by atoms with Crippen LogP contribution in [0.4, 0.5) is 10.8 Å². The van der Waals surface area contributed by atoms with E-state index in [2.05, 4.69) is 34.4 Å². The van der Waals surface area contributed by atoms with Crippen molar-refractivity contribution in [3.63, 3.8) is 0 Å². The summed E-state index contributed by atoms with van der Waals surface area (Å²) in [6.45, 7) is 12.4. The van der Waals surface area contributed by atoms with E-state index in [1.807, 2.05) is 44.0 Å². The van der Waals surface area contributed by atoms with Crippen molar-refractivity contribution in [3.8, 4) is 0 Å². The highest BCUT2D eigenvalue weighted by molar-refractivity contribution is 7.14. The van der Waals surface area contributed by atoms with E-state index in [1.165, 1.54) is 11.3 Å². The molecule has 1 fully saturated rings. The Morgan fingerprint density at radius 1 is 1.33 bits per heavy atom. The van der Waals surface area contributed by atoms with Gasteiger partial charge in [0.25, 0.3) is 11.8 Å². The molecule has 2 heterocycles. The van der Waals surface area contributed by atoms with Gasteiger partial charge in [-0.25, -0.2) is 4.98 Å². The Balaban J connectivity index is 1.80. The summed E-state index contributed by atoms with van der Waals surface area (Å²) in [5.74, 6) is -0.556. The standard InChI is InChI=1S/C26H39N5O4S/c1-7-10-27-23(32)20-13-19(14-31-11-12-35-17-26(31,3)4)8-9-21(20)28-24(33)22-16-36-25(29-22)30(5)18(2)15-34-6/h8-9,13,16,18H,7,10-12,14-15,17H2,1-6H3,(H,27,32)(H,28,33)/t18-/m0/s1. The minimum atomic E-state index is -0.350. The fourth-order valence-corrected chi connectivity index (χ4v) is 4.86. The minimum Gasteiger partial charge on any atom is -0.383 e. The lowest BCUT2D eigenvalue weighted by atomic mass is 10.00. The van der Waals surface area contributed by atoms with Gasteiger partial charge in [-0.15, -0.1) is 11.3 Å². The summed E-state index contributed by atoms with van der Waals surface area (Å²) in [5.41, 5.74) is 2.14. The molecule has 2 amide bonds. The van der Waals surface area contributed by atoms with E-state index in [0.717, 1.165) is 23.7 Å². The van der Waals surface area contributed by atoms with E-state index in [-0.39, 0.29) is 23.4 Å². The van der Waals surface area contributed by atoms with Crippen LogP contribution in [0, 0.1) is 0 Å². The molecular weight excluding hydrogens is 478 g/mol. The fraction of sp³-hybridized carbons (Fsp3) is 0.577. The largest absolute Gasteiger partial charge is 0.383 e. The van der Waals surface area contributed by atoms with Crippen molar-refractivity contribution in [3.05, 3.63) is 40.4 Å². The quantitative estimate of drug-likeness (QED) is 0.470. The van der Waals surface area contributed by atoms with Gasteiger partial charge in [0.15, 0.2) is 5.13 Å². The monoisotopic (exact) mass is 517 g/mol. The molecule has 9 nitrogen and oxygen atoms in total. The summed E-state index contributed by atoms with van der Waals surface area (Å²) in [4.78, 5) is 34.9. The number of aromatic nitrogens is 1. The maximum Gasteiger partial charge on any atom is 0.275 e. The Labute approximate surface area is 218 Å². The van der Waals surface area contributed by atoms with Crippen molar-refractivity contribution in [1.82, 2.24) is 15.2 Å². The Morgan fingerprint density at radius 2 is 2.11 bits per heavy atom. The summed E-state index contributed by atoms with van der Waals surface area (Å²) >= 11 is 1.40. The SMILES string of the molecule is CCCNC(=O)c1cc(CN2CCOCC2(C)C)ccc1NC(=O)c1csc(N(C)[C@@H](C)COC)n1. The Kier molecular flexibility index (Phi) is 9.84. The molecular formula is C26H39N5O4S. The molecule has 0 aliphatic carbocycles. The number of hydrogen-bond acceptors (Lipinski definition) is 8. The molecule has 1 aliphatic rings. The Morgan fingerprint density at radius 3 is 2.81 bits per heavy atom. The summed E-state index contributed by atoms with van der Waals surface area (Å²) in [6, 6.07) is 5.76. The molecule has 1 aromatic heterocycles. The van der Waals surface area contributed by atoms with Crippen LogP contribution in [-0.4, -0.2) is 80.3 Å². The van der Waals surface area contributed by atoms with Crippen molar-refractivity contribution in [2.45, 2.75) is 52.2 Å². The predicted octanol–water partition coefficient (Wildman–Crippen LogP) is 3.62. The smallest absolute Gasteiger partial charge is 0.275 e. The fourth-order valence-electron chi connectivity index (χ4n) is 3.98. The lowest BCUT2D eigenvalue weighted by molar-refractivity contribution is -0.0552. The molecule has 2 aromatic rings. The average Bonchev–Trinajstić information content (AvgIpc) is 3.35. The predicted molar refractivity (Wildman–Crippen MR) is 144 cm³/mol. The molecule has 0 bridgehead atoms. The van der Waals surface area contributed by atoms with Gasteiger partial charge in [-0.2, -0.15) is 0 Å². The van der Waals surface area contributed by atoms with Crippen LogP contribution in [0.3, 0.4) is 0 Å². The number of morpholine rings is 1. The van der Waals surface area contributed by atoms with Gasteiger partial charge in [-0.3, -0.25) is 14.5 Å². The molecule has 10 heteroatoms. The highest BCUT2D eigenvalue weighted by atomic mass is 32.1. The van der Waals surface area contributed by atoms with Gasteiger partial charge in [0.2, 0.25) is 0 Å². The van der Waals surface area contributed by atoms with Crippen LogP contribution in [0.25, 0.3) is 0 Å². The van der Waals surface area contributed by atoms with E-state index in [9.17, 15) is 9.59 Å². The Hall–Kier alpha value is -2.53. The number of rotatable bonds is 11. The maximum atomic E-state index is 13.1. The van der Waals surface area contributed by atoms with Gasteiger partial charge < -0.3 is 25.0 Å². The van der Waals surface area contributed by atoms with Crippen molar-refractivity contribution >= 4 is 34.0 Å². The van der Waals surface area contributed by atoms with Crippen LogP contribution in [0.5, 0.6) is 0 Å². The second-order valence-corrected chi connectivity index (χ2v) is 10.6. The van der Waals surface area contributed by atoms with Crippen LogP contribution < -0.4 is 15.5 Å². The summed E-state index contributed by atoms with van der Waals surface area (Å²) in [7, 11) is 3.58. The number of methoxy groups -OCH3 is 1. The highest BCUT2D eigenvalue weighted by Crippen LogP contribution is 2.26. The maximum absolute atomic E-state index is 13.1. The molecule has 36 heavy (non-hydrogen) atoms. The number of likely N-dealkylation sites (N-methyl/N-ethyl adjacent to an activating group) is 1. The lowest BCUT2D eigenvalue weighted by Gasteiger charge is -2.42. The van der Waals surface area contributed by atoms with Crippen molar-refractivity contribution in [2.75, 3.05) is 57.3 Å². The van der Waals surface area contributed by atoms with E-state index in [1.54, 1.807) is 12.5 Å². The molecule has 1 aliphatic heterocycles. The van der Waals surface area contributed by atoms with Gasteiger partial charge in [0.05, 0.1) is 37.1 Å². The number of benzene rings is 1. The second-order valence-electron chi connectivity index (χ2n) is 9.81. The van der Waals surface area contributed by atoms with E-state index in [4.69, 9.17) is 9.47 Å². The average molecular weight is 518 g/mol. The lowest BCUT2D eigenvalue weighted by Crippen LogP contribution is -2.52. The van der Waals surface area contributed by atoms with Crippen LogP contribution in [-0.2, 0) is 16.0 Å². The minimum absolute atomic E-state index is 0.0913. The van der Waals surface area contributed by atoms with Gasteiger partial charge in [0, 0.05) is 44.7 Å². The molecule has 0 spiro atoms. The van der Waals surface area contributed by atoms with E-state index in [0.29, 0.717) is 49.9 Å². The van der Waals surface area contributed by atoms with Crippen LogP contribution in [0.2, 0.25) is 0 Å². The van der Waals surface area contributed by atoms with Crippen molar-refractivity contribution in [2.24, 2.45) is 0 Å². The first kappa shape index (κ1) is 28.0. The number of thiazole rings is 1. The molecule has 1 aromatic carbocycles. The highest BCUT2D eigenvalue weighted by Gasteiger charge is 2.30. The number of anilines is 2. The van der Waals surface area contributed by atoms with Gasteiger partial charge in [-0.05, 0) is 44.9 Å². The molecule has 0 saturated carbocycles. The number of carbonyl (C=O) groups excluding carboxylic acids is 2. The van der Waals surface area contributed by atoms with E-state index < -0.39 is 0 Å². The van der Waals surface area contributed by atoms with Crippen LogP contribution in [0.1, 0.15) is 60.5 Å². The first-order valence-electron chi connectivity index (χ1n) is 12.4. The van der Waals surface area contributed by atoms with Gasteiger partial charge in [0.1, 0.15) is 5.69 Å². The first-order valence-corrected chi connectivity index (χ1v) is 13.3. The van der Waals surface area contributed by atoms with Gasteiger partial charge >= 0.3 is 0 Å². The molecule has 2 N–H and O–H groups in total.